The van der Waals surface area contributed by atoms with Crippen LogP contribution in [0.5, 0.6) is 0 Å². The van der Waals surface area contributed by atoms with Gasteiger partial charge in [0.15, 0.2) is 0 Å². The standard InChI is InChI=1S/C18H36O2.C12H26O/c1-2-3-4-5-6-7-8-9-10-11-12-13-14-15-16-17-18(19)20;1-2-3-4-5-6-7-8-9-10-11-12-13/h2-17H2,1H3,(H,19,20);13H,2-12H2,1H3. The highest BCUT2D eigenvalue weighted by Gasteiger charge is 1.97. The highest BCUT2D eigenvalue weighted by atomic mass is 16.4. The zero-order valence-electron chi connectivity index (χ0n) is 22.9. The van der Waals surface area contributed by atoms with Crippen molar-refractivity contribution in [3.63, 3.8) is 0 Å². The van der Waals surface area contributed by atoms with Crippen LogP contribution in [-0.4, -0.2) is 22.8 Å². The Morgan fingerprint density at radius 3 is 0.909 bits per heavy atom. The van der Waals surface area contributed by atoms with Crippen LogP contribution in [0.4, 0.5) is 0 Å². The normalized spacial score (nSPS) is 10.8. The van der Waals surface area contributed by atoms with E-state index in [1.807, 2.05) is 0 Å². The van der Waals surface area contributed by atoms with Crippen LogP contribution in [0, 0.1) is 0 Å². The number of hydrogen-bond acceptors (Lipinski definition) is 2. The monoisotopic (exact) mass is 470 g/mol. The number of hydrogen-bond donors (Lipinski definition) is 2. The number of aliphatic hydroxyl groups is 1. The minimum absolute atomic E-state index is 0.345. The molecule has 0 saturated heterocycles. The van der Waals surface area contributed by atoms with Crippen LogP contribution in [0.1, 0.15) is 181 Å². The van der Waals surface area contributed by atoms with Crippen LogP contribution in [0.3, 0.4) is 0 Å². The Morgan fingerprint density at radius 2 is 0.667 bits per heavy atom. The molecule has 0 saturated carbocycles. The Balaban J connectivity index is 0. The minimum atomic E-state index is -0.653. The van der Waals surface area contributed by atoms with Crippen molar-refractivity contribution in [2.75, 3.05) is 6.61 Å². The summed E-state index contributed by atoms with van der Waals surface area (Å²) in [5.74, 6) is -0.653. The summed E-state index contributed by atoms with van der Waals surface area (Å²) in [7, 11) is 0. The number of carboxylic acids is 1. The number of aliphatic hydroxyl groups excluding tert-OH is 1. The Morgan fingerprint density at radius 1 is 0.424 bits per heavy atom. The summed E-state index contributed by atoms with van der Waals surface area (Å²) < 4.78 is 0. The molecule has 3 nitrogen and oxygen atoms in total. The molecular weight excluding hydrogens is 408 g/mol. The molecule has 3 heteroatoms. The van der Waals surface area contributed by atoms with Crippen molar-refractivity contribution in [1.82, 2.24) is 0 Å². The Bertz CT molecular complexity index is 333. The van der Waals surface area contributed by atoms with Crippen LogP contribution < -0.4 is 0 Å². The van der Waals surface area contributed by atoms with Gasteiger partial charge in [-0.05, 0) is 12.8 Å². The smallest absolute Gasteiger partial charge is 0.303 e. The van der Waals surface area contributed by atoms with Gasteiger partial charge in [0.1, 0.15) is 0 Å². The molecule has 0 spiro atoms. The van der Waals surface area contributed by atoms with Gasteiger partial charge in [-0.2, -0.15) is 0 Å². The van der Waals surface area contributed by atoms with Gasteiger partial charge in [-0.15, -0.1) is 0 Å². The maximum absolute atomic E-state index is 10.3. The fourth-order valence-corrected chi connectivity index (χ4v) is 4.25. The van der Waals surface area contributed by atoms with E-state index in [0.29, 0.717) is 13.0 Å². The summed E-state index contributed by atoms with van der Waals surface area (Å²) in [6, 6.07) is 0. The molecule has 200 valence electrons. The Kier molecular flexibility index (Phi) is 35.2. The van der Waals surface area contributed by atoms with Gasteiger partial charge in [-0.25, -0.2) is 0 Å². The highest BCUT2D eigenvalue weighted by Crippen LogP contribution is 2.14. The number of aliphatic carboxylic acids is 1. The van der Waals surface area contributed by atoms with Crippen LogP contribution in [0.25, 0.3) is 0 Å². The van der Waals surface area contributed by atoms with Crippen molar-refractivity contribution < 1.29 is 15.0 Å². The number of carboxylic acid groups (broad SMARTS) is 1. The molecule has 2 N–H and O–H groups in total. The maximum atomic E-state index is 10.3. The minimum Gasteiger partial charge on any atom is -0.481 e. The van der Waals surface area contributed by atoms with Gasteiger partial charge >= 0.3 is 5.97 Å². The van der Waals surface area contributed by atoms with Crippen molar-refractivity contribution in [1.29, 1.82) is 0 Å². The molecule has 0 aromatic carbocycles. The van der Waals surface area contributed by atoms with Gasteiger partial charge in [-0.3, -0.25) is 4.79 Å². The first-order valence-corrected chi connectivity index (χ1v) is 15.0. The van der Waals surface area contributed by atoms with Gasteiger partial charge in [0.2, 0.25) is 0 Å². The molecule has 0 aliphatic carbocycles. The lowest BCUT2D eigenvalue weighted by Gasteiger charge is -2.03. The zero-order chi connectivity index (χ0) is 24.7. The first kappa shape index (κ1) is 34.6. The lowest BCUT2D eigenvalue weighted by molar-refractivity contribution is -0.137. The van der Waals surface area contributed by atoms with E-state index in [1.165, 1.54) is 141 Å². The quantitative estimate of drug-likeness (QED) is 0.124. The lowest BCUT2D eigenvalue weighted by Crippen LogP contribution is -1.93. The molecule has 33 heavy (non-hydrogen) atoms. The van der Waals surface area contributed by atoms with Crippen LogP contribution >= 0.6 is 0 Å². The molecule has 0 unspecified atom stereocenters. The molecule has 0 bridgehead atoms. The molecule has 0 fully saturated rings. The summed E-state index contributed by atoms with van der Waals surface area (Å²) in [6.07, 6.45) is 33.5. The van der Waals surface area contributed by atoms with Crippen LogP contribution in [0.15, 0.2) is 0 Å². The molecular formula is C30H62O3. The molecule has 0 rings (SSSR count). The molecule has 0 amide bonds. The number of carbonyl (C=O) groups is 1. The largest absolute Gasteiger partial charge is 0.481 e. The van der Waals surface area contributed by atoms with Crippen molar-refractivity contribution in [3.05, 3.63) is 0 Å². The van der Waals surface area contributed by atoms with Crippen LogP contribution in [-0.2, 0) is 4.79 Å². The molecule has 0 radical (unpaired) electrons. The van der Waals surface area contributed by atoms with Gasteiger partial charge in [-0.1, -0.05) is 162 Å². The average molecular weight is 471 g/mol. The molecule has 0 aromatic heterocycles. The predicted octanol–water partition coefficient (Wildman–Crippen LogP) is 10.2. The van der Waals surface area contributed by atoms with E-state index < -0.39 is 5.97 Å². The molecule has 0 heterocycles. The van der Waals surface area contributed by atoms with Gasteiger partial charge in [0.25, 0.3) is 0 Å². The van der Waals surface area contributed by atoms with E-state index in [1.54, 1.807) is 0 Å². The topological polar surface area (TPSA) is 57.5 Å². The van der Waals surface area contributed by atoms with Gasteiger partial charge < -0.3 is 10.2 Å². The number of unbranched alkanes of at least 4 members (excludes halogenated alkanes) is 23. The summed E-state index contributed by atoms with van der Waals surface area (Å²) in [5, 5.41) is 17.1. The summed E-state index contributed by atoms with van der Waals surface area (Å²) in [4.78, 5) is 10.3. The predicted molar refractivity (Wildman–Crippen MR) is 146 cm³/mol. The zero-order valence-corrected chi connectivity index (χ0v) is 22.9. The second-order valence-corrected chi connectivity index (χ2v) is 10.00. The van der Waals surface area contributed by atoms with E-state index >= 15 is 0 Å². The molecule has 0 aliphatic heterocycles. The second-order valence-electron chi connectivity index (χ2n) is 10.00. The summed E-state index contributed by atoms with van der Waals surface area (Å²) in [6.45, 7) is 4.90. The first-order chi connectivity index (χ1) is 16.2. The molecule has 0 aromatic rings. The summed E-state index contributed by atoms with van der Waals surface area (Å²) >= 11 is 0. The van der Waals surface area contributed by atoms with E-state index in [4.69, 9.17) is 10.2 Å². The molecule has 0 aliphatic rings. The fraction of sp³-hybridized carbons (Fsp3) is 0.967. The third-order valence-corrected chi connectivity index (χ3v) is 6.51. The van der Waals surface area contributed by atoms with Crippen molar-refractivity contribution in [2.45, 2.75) is 181 Å². The molecule has 0 atom stereocenters. The van der Waals surface area contributed by atoms with E-state index in [0.717, 1.165) is 19.3 Å². The van der Waals surface area contributed by atoms with Crippen molar-refractivity contribution in [3.8, 4) is 0 Å². The SMILES string of the molecule is CCCCCCCCCCCCCCCCCC(=O)O.CCCCCCCCCCCCO. The summed E-state index contributed by atoms with van der Waals surface area (Å²) in [5.41, 5.74) is 0. The van der Waals surface area contributed by atoms with Gasteiger partial charge in [0.05, 0.1) is 0 Å². The number of rotatable bonds is 26. The van der Waals surface area contributed by atoms with E-state index in [9.17, 15) is 4.79 Å². The first-order valence-electron chi connectivity index (χ1n) is 15.0. The van der Waals surface area contributed by atoms with E-state index in [2.05, 4.69) is 13.8 Å². The van der Waals surface area contributed by atoms with Gasteiger partial charge in [0, 0.05) is 13.0 Å². The fourth-order valence-electron chi connectivity index (χ4n) is 4.25. The van der Waals surface area contributed by atoms with Crippen molar-refractivity contribution in [2.24, 2.45) is 0 Å². The Labute approximate surface area is 208 Å². The maximum Gasteiger partial charge on any atom is 0.303 e. The van der Waals surface area contributed by atoms with Crippen molar-refractivity contribution >= 4 is 5.97 Å². The Hall–Kier alpha value is -0.570. The lowest BCUT2D eigenvalue weighted by atomic mass is 10.0. The van der Waals surface area contributed by atoms with Crippen LogP contribution in [0.2, 0.25) is 0 Å². The third-order valence-electron chi connectivity index (χ3n) is 6.51. The highest BCUT2D eigenvalue weighted by molar-refractivity contribution is 5.66. The third kappa shape index (κ3) is 39.0. The average Bonchev–Trinajstić information content (AvgIpc) is 2.81. The second kappa shape index (κ2) is 33.6. The van der Waals surface area contributed by atoms with E-state index in [-0.39, 0.29) is 0 Å².